The van der Waals surface area contributed by atoms with E-state index in [0.717, 1.165) is 13.2 Å². The average Bonchev–Trinajstić information content (AvgIpc) is 1.63. The van der Waals surface area contributed by atoms with Crippen LogP contribution in [0, 0.1) is 0 Å². The largest absolute Gasteiger partial charge is 0.748 e. The molecule has 0 unspecified atom stereocenters. The molecule has 0 saturated carbocycles. The topological polar surface area (TPSA) is 66.4 Å². The first-order valence-electron chi connectivity index (χ1n) is 2.90. The van der Waals surface area contributed by atoms with E-state index in [-0.39, 0.29) is 0 Å². The molecule has 0 aliphatic carbocycles. The third kappa shape index (κ3) is 106. The molecule has 0 spiro atoms. The molecule has 10 heavy (non-hydrogen) atoms. The van der Waals surface area contributed by atoms with Gasteiger partial charge >= 0.3 is 0 Å². The van der Waals surface area contributed by atoms with E-state index in [1.54, 1.807) is 0 Å². The van der Waals surface area contributed by atoms with Gasteiger partial charge in [-0.2, -0.15) is 0 Å². The second-order valence-corrected chi connectivity index (χ2v) is 2.89. The molecule has 0 atom stereocenters. The van der Waals surface area contributed by atoms with Crippen LogP contribution in [-0.4, -0.2) is 32.4 Å². The zero-order valence-corrected chi connectivity index (χ0v) is 7.27. The Morgan fingerprint density at radius 1 is 1.30 bits per heavy atom. The van der Waals surface area contributed by atoms with Crippen molar-refractivity contribution in [3.05, 3.63) is 0 Å². The van der Waals surface area contributed by atoms with Gasteiger partial charge in [0.2, 0.25) is 0 Å². The van der Waals surface area contributed by atoms with E-state index in [4.69, 9.17) is 17.7 Å². The fraction of sp³-hybridized carbons (Fsp3) is 1.00. The summed E-state index contributed by atoms with van der Waals surface area (Å²) in [7, 11) is -3.92. The summed E-state index contributed by atoms with van der Waals surface area (Å²) in [5, 5.41) is 0. The second-order valence-electron chi connectivity index (χ2n) is 1.49. The maximum atomic E-state index is 9.08. The molecule has 0 aliphatic heterocycles. The molecule has 0 aliphatic rings. The quantitative estimate of drug-likeness (QED) is 0.554. The molecule has 0 saturated heterocycles. The molecule has 0 aromatic carbocycles. The van der Waals surface area contributed by atoms with E-state index in [0.29, 0.717) is 6.26 Å². The normalized spacial score (nSPS) is 10.0. The highest BCUT2D eigenvalue weighted by molar-refractivity contribution is 7.84. The molecule has 0 aromatic rings. The van der Waals surface area contributed by atoms with Crippen molar-refractivity contribution < 1.29 is 17.7 Å². The van der Waals surface area contributed by atoms with Crippen LogP contribution in [-0.2, 0) is 14.9 Å². The lowest BCUT2D eigenvalue weighted by Crippen LogP contribution is -1.88. The highest BCUT2D eigenvalue weighted by Gasteiger charge is 1.65. The standard InChI is InChI=1S/C4H10O.CH4O3S/c1-3-5-4-2;1-5(2,3)4/h3-4H2,1-2H3;1H3,(H,2,3,4)/p-1. The van der Waals surface area contributed by atoms with Crippen molar-refractivity contribution in [2.24, 2.45) is 0 Å². The summed E-state index contributed by atoms with van der Waals surface area (Å²) in [6.07, 6.45) is 0.604. The fourth-order valence-electron chi connectivity index (χ4n) is 0.204. The molecule has 64 valence electrons. The first-order valence-corrected chi connectivity index (χ1v) is 4.72. The van der Waals surface area contributed by atoms with Gasteiger partial charge in [0.05, 0.1) is 10.1 Å². The molecular weight excluding hydrogens is 156 g/mol. The van der Waals surface area contributed by atoms with Crippen LogP contribution in [0.4, 0.5) is 0 Å². The average molecular weight is 169 g/mol. The Morgan fingerprint density at radius 3 is 1.50 bits per heavy atom. The van der Waals surface area contributed by atoms with Crippen LogP contribution in [0.25, 0.3) is 0 Å². The molecule has 0 rings (SSSR count). The van der Waals surface area contributed by atoms with Crippen molar-refractivity contribution in [3.63, 3.8) is 0 Å². The Hall–Kier alpha value is -0.130. The zero-order valence-electron chi connectivity index (χ0n) is 6.46. The van der Waals surface area contributed by atoms with Gasteiger partial charge in [-0.15, -0.1) is 0 Å². The Bertz CT molecular complexity index is 128. The van der Waals surface area contributed by atoms with Crippen molar-refractivity contribution in [1.82, 2.24) is 0 Å². The molecular formula is C5H13O4S-. The monoisotopic (exact) mass is 169 g/mol. The minimum atomic E-state index is -3.92. The Balaban J connectivity index is 0. The summed E-state index contributed by atoms with van der Waals surface area (Å²) in [4.78, 5) is 0. The SMILES string of the molecule is CCOCC.CS(=O)(=O)[O-]. The van der Waals surface area contributed by atoms with Crippen molar-refractivity contribution in [1.29, 1.82) is 0 Å². The van der Waals surface area contributed by atoms with Crippen molar-refractivity contribution in [2.45, 2.75) is 13.8 Å². The van der Waals surface area contributed by atoms with E-state index in [2.05, 4.69) is 0 Å². The highest BCUT2D eigenvalue weighted by atomic mass is 32.2. The zero-order chi connectivity index (χ0) is 8.62. The van der Waals surface area contributed by atoms with Gasteiger partial charge in [-0.1, -0.05) is 0 Å². The highest BCUT2D eigenvalue weighted by Crippen LogP contribution is 1.64. The van der Waals surface area contributed by atoms with E-state index in [1.165, 1.54) is 0 Å². The summed E-state index contributed by atoms with van der Waals surface area (Å²) in [6, 6.07) is 0. The van der Waals surface area contributed by atoms with Crippen LogP contribution in [0.5, 0.6) is 0 Å². The molecule has 0 bridgehead atoms. The minimum absolute atomic E-state index is 0.604. The lowest BCUT2D eigenvalue weighted by molar-refractivity contribution is 0.162. The number of rotatable bonds is 2. The summed E-state index contributed by atoms with van der Waals surface area (Å²) in [6.45, 7) is 5.67. The third-order valence-electron chi connectivity index (χ3n) is 0.408. The molecule has 0 N–H and O–H groups in total. The molecule has 4 nitrogen and oxygen atoms in total. The first-order chi connectivity index (χ1) is 4.41. The van der Waals surface area contributed by atoms with Gasteiger partial charge in [0.15, 0.2) is 0 Å². The summed E-state index contributed by atoms with van der Waals surface area (Å²) >= 11 is 0. The van der Waals surface area contributed by atoms with Crippen LogP contribution < -0.4 is 0 Å². The number of ether oxygens (including phenoxy) is 1. The van der Waals surface area contributed by atoms with Gasteiger partial charge in [0.1, 0.15) is 0 Å². The van der Waals surface area contributed by atoms with Gasteiger partial charge in [0.25, 0.3) is 0 Å². The second kappa shape index (κ2) is 6.98. The Kier molecular flexibility index (Phi) is 8.75. The maximum absolute atomic E-state index is 9.08. The van der Waals surface area contributed by atoms with E-state index < -0.39 is 10.1 Å². The van der Waals surface area contributed by atoms with Gasteiger partial charge in [0, 0.05) is 19.5 Å². The molecule has 0 radical (unpaired) electrons. The van der Waals surface area contributed by atoms with Crippen LogP contribution >= 0.6 is 0 Å². The third-order valence-corrected chi connectivity index (χ3v) is 0.408. The maximum Gasteiger partial charge on any atom is 0.0916 e. The van der Waals surface area contributed by atoms with E-state index in [1.807, 2.05) is 13.8 Å². The molecule has 0 aromatic heterocycles. The number of hydrogen-bond donors (Lipinski definition) is 0. The summed E-state index contributed by atoms with van der Waals surface area (Å²) in [5.41, 5.74) is 0. The van der Waals surface area contributed by atoms with Crippen LogP contribution in [0.2, 0.25) is 0 Å². The lowest BCUT2D eigenvalue weighted by Gasteiger charge is -1.90. The predicted octanol–water partition coefficient (Wildman–Crippen LogP) is 0.204. The van der Waals surface area contributed by atoms with Gasteiger partial charge in [-0.05, 0) is 13.8 Å². The first kappa shape index (κ1) is 12.5. The molecule has 5 heteroatoms. The molecule has 0 amide bonds. The van der Waals surface area contributed by atoms with Crippen molar-refractivity contribution >= 4 is 10.1 Å². The Morgan fingerprint density at radius 2 is 1.50 bits per heavy atom. The van der Waals surface area contributed by atoms with Crippen LogP contribution in [0.15, 0.2) is 0 Å². The van der Waals surface area contributed by atoms with Crippen LogP contribution in [0.1, 0.15) is 13.8 Å². The fourth-order valence-corrected chi connectivity index (χ4v) is 0.204. The van der Waals surface area contributed by atoms with E-state index >= 15 is 0 Å². The Labute approximate surface area is 61.9 Å². The minimum Gasteiger partial charge on any atom is -0.748 e. The summed E-state index contributed by atoms with van der Waals surface area (Å²) < 4.78 is 32.1. The van der Waals surface area contributed by atoms with Gasteiger partial charge in [-0.3, -0.25) is 0 Å². The lowest BCUT2D eigenvalue weighted by atomic mass is 10.8. The van der Waals surface area contributed by atoms with Gasteiger partial charge < -0.3 is 9.29 Å². The van der Waals surface area contributed by atoms with Crippen molar-refractivity contribution in [2.75, 3.05) is 19.5 Å². The van der Waals surface area contributed by atoms with Crippen molar-refractivity contribution in [3.8, 4) is 0 Å². The molecule has 0 fully saturated rings. The van der Waals surface area contributed by atoms with E-state index in [9.17, 15) is 0 Å². The number of hydrogen-bond acceptors (Lipinski definition) is 4. The summed E-state index contributed by atoms with van der Waals surface area (Å²) in [5.74, 6) is 0. The smallest absolute Gasteiger partial charge is 0.0916 e. The predicted molar refractivity (Wildman–Crippen MR) is 37.8 cm³/mol. The van der Waals surface area contributed by atoms with Gasteiger partial charge in [-0.25, -0.2) is 8.42 Å². The van der Waals surface area contributed by atoms with Crippen LogP contribution in [0.3, 0.4) is 0 Å². The molecule has 0 heterocycles.